The van der Waals surface area contributed by atoms with Crippen molar-refractivity contribution in [1.29, 1.82) is 0 Å². The van der Waals surface area contributed by atoms with Crippen molar-refractivity contribution in [1.82, 2.24) is 0 Å². The molecule has 0 aliphatic rings. The molecular formula is H7NO5Si. The standard InChI is InChI=1S/H3NO.H4O4Si/c1-2;1-5(2,3)4/h2H,1H2;1-4H. The van der Waals surface area contributed by atoms with Crippen LogP contribution in [0.15, 0.2) is 0 Å². The summed E-state index contributed by atoms with van der Waals surface area (Å²) in [6.45, 7) is 0. The minimum atomic E-state index is -4.61. The minimum Gasteiger partial charge on any atom is -0.368 e. The topological polar surface area (TPSA) is 127 Å². The first-order valence-corrected chi connectivity index (χ1v) is 2.94. The molecule has 0 rings (SSSR count). The number of nitrogens with two attached hydrogens (primary N) is 1. The third-order valence-corrected chi connectivity index (χ3v) is 0. The van der Waals surface area contributed by atoms with Crippen molar-refractivity contribution in [3.63, 3.8) is 0 Å². The van der Waals surface area contributed by atoms with Crippen molar-refractivity contribution in [2.24, 2.45) is 5.90 Å². The summed E-state index contributed by atoms with van der Waals surface area (Å²) in [4.78, 5) is 29.3. The van der Waals surface area contributed by atoms with Crippen molar-refractivity contribution < 1.29 is 24.4 Å². The molecule has 7 heavy (non-hydrogen) atoms. The Hall–Kier alpha value is -0.0231. The molecule has 0 aromatic carbocycles. The quantitative estimate of drug-likeness (QED) is 0.150. The molecule has 0 fully saturated rings. The van der Waals surface area contributed by atoms with Crippen LogP contribution >= 0.6 is 0 Å². The summed E-state index contributed by atoms with van der Waals surface area (Å²) >= 11 is 0. The Morgan fingerprint density at radius 1 is 0.857 bits per heavy atom. The first kappa shape index (κ1) is 10.1. The molecule has 0 saturated heterocycles. The Morgan fingerprint density at radius 2 is 0.857 bits per heavy atom. The molecule has 0 aliphatic heterocycles. The van der Waals surface area contributed by atoms with E-state index in [1.165, 1.54) is 0 Å². The van der Waals surface area contributed by atoms with Crippen LogP contribution in [0.4, 0.5) is 0 Å². The van der Waals surface area contributed by atoms with Crippen LogP contribution in [0.3, 0.4) is 0 Å². The van der Waals surface area contributed by atoms with Gasteiger partial charge in [0.15, 0.2) is 0 Å². The van der Waals surface area contributed by atoms with Crippen molar-refractivity contribution in [2.75, 3.05) is 0 Å². The monoisotopic (exact) mass is 129 g/mol. The highest BCUT2D eigenvalue weighted by atomic mass is 28.4. The molecule has 0 aromatic heterocycles. The van der Waals surface area contributed by atoms with Gasteiger partial charge in [0, 0.05) is 0 Å². The van der Waals surface area contributed by atoms with Gasteiger partial charge in [0.1, 0.15) is 0 Å². The molecule has 7 N–H and O–H groups in total. The molecule has 0 aromatic rings. The van der Waals surface area contributed by atoms with Gasteiger partial charge in [-0.05, 0) is 0 Å². The minimum absolute atomic E-state index is 3.50. The van der Waals surface area contributed by atoms with Gasteiger partial charge in [-0.1, -0.05) is 0 Å². The average molecular weight is 129 g/mol. The lowest BCUT2D eigenvalue weighted by Crippen LogP contribution is -2.33. The second kappa shape index (κ2) is 4.14. The Kier molecular flexibility index (Phi) is 5.96. The molecular weight excluding hydrogens is 122 g/mol. The summed E-state index contributed by atoms with van der Waals surface area (Å²) in [7, 11) is -4.61. The molecule has 0 saturated carbocycles. The predicted octanol–water partition coefficient (Wildman–Crippen LogP) is -3.27. The SMILES string of the molecule is NO.O[Si](O)(O)O. The fourth-order valence-corrected chi connectivity index (χ4v) is 0. The largest absolute Gasteiger partial charge is 0.668 e. The molecule has 0 bridgehead atoms. The molecule has 0 atom stereocenters. The van der Waals surface area contributed by atoms with E-state index in [0.29, 0.717) is 0 Å². The zero-order valence-electron chi connectivity index (χ0n) is 3.31. The summed E-state index contributed by atoms with van der Waals surface area (Å²) in [5, 5.41) is 6.50. The first-order valence-electron chi connectivity index (χ1n) is 1.15. The van der Waals surface area contributed by atoms with Gasteiger partial charge in [-0.25, -0.2) is 5.90 Å². The molecule has 0 spiro atoms. The number of rotatable bonds is 0. The van der Waals surface area contributed by atoms with E-state index < -0.39 is 9.05 Å². The summed E-state index contributed by atoms with van der Waals surface area (Å²) in [5.41, 5.74) is 0. The van der Waals surface area contributed by atoms with Gasteiger partial charge in [0.2, 0.25) is 0 Å². The van der Waals surface area contributed by atoms with Gasteiger partial charge in [-0.15, -0.1) is 0 Å². The molecule has 0 aliphatic carbocycles. The predicted molar refractivity (Wildman–Crippen MR) is 20.6 cm³/mol. The van der Waals surface area contributed by atoms with E-state index in [1.807, 2.05) is 0 Å². The van der Waals surface area contributed by atoms with Gasteiger partial charge in [0.25, 0.3) is 0 Å². The average Bonchev–Trinajstić information content (AvgIpc) is 1.36. The van der Waals surface area contributed by atoms with Gasteiger partial charge < -0.3 is 24.4 Å². The van der Waals surface area contributed by atoms with Crippen molar-refractivity contribution in [2.45, 2.75) is 0 Å². The van der Waals surface area contributed by atoms with Crippen LogP contribution in [0.25, 0.3) is 0 Å². The lowest BCUT2D eigenvalue weighted by molar-refractivity contribution is 0.117. The highest BCUT2D eigenvalue weighted by molar-refractivity contribution is 6.46. The lowest BCUT2D eigenvalue weighted by Gasteiger charge is -1.91. The van der Waals surface area contributed by atoms with Gasteiger partial charge in [-0.3, -0.25) is 0 Å². The summed E-state index contributed by atoms with van der Waals surface area (Å²) in [6, 6.07) is 0. The van der Waals surface area contributed by atoms with E-state index in [-0.39, 0.29) is 0 Å². The molecule has 0 heterocycles. The van der Waals surface area contributed by atoms with Crippen LogP contribution in [-0.2, 0) is 0 Å². The van der Waals surface area contributed by atoms with Gasteiger partial charge >= 0.3 is 9.05 Å². The van der Waals surface area contributed by atoms with E-state index in [0.717, 1.165) is 0 Å². The second-order valence-corrected chi connectivity index (χ2v) is 1.80. The van der Waals surface area contributed by atoms with Crippen LogP contribution in [0.5, 0.6) is 0 Å². The Bertz CT molecular complexity index is 23.6. The van der Waals surface area contributed by atoms with E-state index in [1.54, 1.807) is 0 Å². The maximum absolute atomic E-state index is 7.33. The van der Waals surface area contributed by atoms with Crippen LogP contribution in [0.2, 0.25) is 0 Å². The lowest BCUT2D eigenvalue weighted by atomic mass is 13.6. The third kappa shape index (κ3) is 177000. The van der Waals surface area contributed by atoms with Crippen LogP contribution in [-0.4, -0.2) is 33.4 Å². The molecule has 6 nitrogen and oxygen atoms in total. The Morgan fingerprint density at radius 3 is 0.857 bits per heavy atom. The number of hydrogen-bond donors (Lipinski definition) is 6. The first-order chi connectivity index (χ1) is 3.00. The van der Waals surface area contributed by atoms with E-state index in [4.69, 9.17) is 24.4 Å². The molecule has 46 valence electrons. The normalized spacial score (nSPS) is 9.43. The van der Waals surface area contributed by atoms with Crippen LogP contribution in [0.1, 0.15) is 0 Å². The van der Waals surface area contributed by atoms with E-state index in [2.05, 4.69) is 5.90 Å². The molecule has 0 amide bonds. The zero-order chi connectivity index (χ0) is 6.50. The van der Waals surface area contributed by atoms with Crippen molar-refractivity contribution >= 4 is 9.05 Å². The highest BCUT2D eigenvalue weighted by Gasteiger charge is 2.22. The summed E-state index contributed by atoms with van der Waals surface area (Å²) < 4.78 is 0. The fraction of sp³-hybridized carbons (Fsp3) is 0. The third-order valence-electron chi connectivity index (χ3n) is 0. The van der Waals surface area contributed by atoms with E-state index >= 15 is 0 Å². The molecule has 0 unspecified atom stereocenters. The maximum atomic E-state index is 7.33. The highest BCUT2D eigenvalue weighted by Crippen LogP contribution is 1.67. The Labute approximate surface area is 40.5 Å². The second-order valence-electron chi connectivity index (χ2n) is 0.600. The van der Waals surface area contributed by atoms with Crippen LogP contribution < -0.4 is 5.90 Å². The van der Waals surface area contributed by atoms with E-state index in [9.17, 15) is 0 Å². The summed E-state index contributed by atoms with van der Waals surface area (Å²) in [5.74, 6) is 3.50. The molecule has 0 radical (unpaired) electrons. The fourth-order valence-electron chi connectivity index (χ4n) is 0. The summed E-state index contributed by atoms with van der Waals surface area (Å²) in [6.07, 6.45) is 0. The van der Waals surface area contributed by atoms with Crippen molar-refractivity contribution in [3.8, 4) is 0 Å². The van der Waals surface area contributed by atoms with Crippen molar-refractivity contribution in [3.05, 3.63) is 0 Å². The Balaban J connectivity index is 0. The smallest absolute Gasteiger partial charge is 0.368 e. The zero-order valence-corrected chi connectivity index (χ0v) is 4.31. The van der Waals surface area contributed by atoms with Gasteiger partial charge in [0.05, 0.1) is 0 Å². The van der Waals surface area contributed by atoms with Crippen LogP contribution in [0, 0.1) is 0 Å². The molecule has 7 heteroatoms. The number of hydrogen-bond acceptors (Lipinski definition) is 6. The van der Waals surface area contributed by atoms with Gasteiger partial charge in [-0.2, -0.15) is 0 Å². The maximum Gasteiger partial charge on any atom is 0.668 e.